The van der Waals surface area contributed by atoms with Crippen LogP contribution in [0.3, 0.4) is 0 Å². The zero-order valence-corrected chi connectivity index (χ0v) is 9.84. The maximum Gasteiger partial charge on any atom is 0.327 e. The van der Waals surface area contributed by atoms with Gasteiger partial charge < -0.3 is 10.0 Å². The van der Waals surface area contributed by atoms with Crippen molar-refractivity contribution >= 4 is 23.6 Å². The third-order valence-corrected chi connectivity index (χ3v) is 3.53. The van der Waals surface area contributed by atoms with Crippen LogP contribution >= 0.6 is 11.8 Å². The van der Waals surface area contributed by atoms with Crippen LogP contribution in [-0.2, 0) is 16.1 Å². The Morgan fingerprint density at radius 3 is 3.00 bits per heavy atom. The number of carboxylic acids is 1. The molecule has 17 heavy (non-hydrogen) atoms. The molecule has 92 valence electrons. The first-order chi connectivity index (χ1) is 8.18. The van der Waals surface area contributed by atoms with Crippen molar-refractivity contribution in [2.75, 3.05) is 11.6 Å². The number of aliphatic carboxylic acids is 1. The van der Waals surface area contributed by atoms with E-state index in [2.05, 4.69) is 10.3 Å². The van der Waals surface area contributed by atoms with Gasteiger partial charge in [0.15, 0.2) is 0 Å². The van der Waals surface area contributed by atoms with Gasteiger partial charge in [0.25, 0.3) is 0 Å². The maximum absolute atomic E-state index is 11.8. The minimum atomic E-state index is -0.941. The van der Waals surface area contributed by atoms with E-state index in [1.807, 2.05) is 0 Å². The summed E-state index contributed by atoms with van der Waals surface area (Å²) in [6, 6.07) is -0.691. The van der Waals surface area contributed by atoms with E-state index in [0.29, 0.717) is 18.2 Å². The molecular formula is C9H12N4O3S. The SMILES string of the molecule is O=C(O)C1CSCN1C(=O)CCn1ccnn1. The maximum atomic E-state index is 11.8. The van der Waals surface area contributed by atoms with Crippen molar-refractivity contribution in [3.63, 3.8) is 0 Å². The summed E-state index contributed by atoms with van der Waals surface area (Å²) in [6.07, 6.45) is 3.45. The lowest BCUT2D eigenvalue weighted by Gasteiger charge is -2.20. The van der Waals surface area contributed by atoms with Gasteiger partial charge in [-0.2, -0.15) is 0 Å². The largest absolute Gasteiger partial charge is 0.480 e. The molecule has 1 saturated heterocycles. The lowest BCUT2D eigenvalue weighted by atomic mass is 10.2. The normalized spacial score (nSPS) is 19.5. The predicted octanol–water partition coefficient (Wildman–Crippen LogP) is -0.346. The van der Waals surface area contributed by atoms with Gasteiger partial charge in [-0.25, -0.2) is 4.79 Å². The zero-order chi connectivity index (χ0) is 12.3. The van der Waals surface area contributed by atoms with Crippen molar-refractivity contribution in [1.29, 1.82) is 0 Å². The first-order valence-electron chi connectivity index (χ1n) is 5.12. The third kappa shape index (κ3) is 2.76. The summed E-state index contributed by atoms with van der Waals surface area (Å²) < 4.78 is 1.55. The first-order valence-corrected chi connectivity index (χ1v) is 6.28. The van der Waals surface area contributed by atoms with Gasteiger partial charge in [0, 0.05) is 18.4 Å². The highest BCUT2D eigenvalue weighted by atomic mass is 32.2. The molecule has 1 aliphatic heterocycles. The summed E-state index contributed by atoms with van der Waals surface area (Å²) in [4.78, 5) is 24.2. The Labute approximate surface area is 102 Å². The molecule has 7 nitrogen and oxygen atoms in total. The molecule has 8 heteroatoms. The third-order valence-electron chi connectivity index (χ3n) is 2.51. The van der Waals surface area contributed by atoms with Crippen LogP contribution in [0.25, 0.3) is 0 Å². The van der Waals surface area contributed by atoms with Gasteiger partial charge in [-0.05, 0) is 0 Å². The molecule has 0 spiro atoms. The molecule has 1 aromatic rings. The average Bonchev–Trinajstić information content (AvgIpc) is 2.96. The molecule has 0 aromatic carbocycles. The molecule has 0 bridgehead atoms. The smallest absolute Gasteiger partial charge is 0.327 e. The van der Waals surface area contributed by atoms with Crippen molar-refractivity contribution in [3.05, 3.63) is 12.4 Å². The van der Waals surface area contributed by atoms with Crippen LogP contribution < -0.4 is 0 Å². The van der Waals surface area contributed by atoms with Crippen molar-refractivity contribution < 1.29 is 14.7 Å². The standard InChI is InChI=1S/C9H12N4O3S/c14-8(1-3-12-4-2-10-11-12)13-6-17-5-7(13)9(15)16/h2,4,7H,1,3,5-6H2,(H,15,16). The number of aryl methyl sites for hydroxylation is 1. The van der Waals surface area contributed by atoms with Gasteiger partial charge in [0.2, 0.25) is 5.91 Å². The van der Waals surface area contributed by atoms with Gasteiger partial charge >= 0.3 is 5.97 Å². The van der Waals surface area contributed by atoms with Gasteiger partial charge in [-0.3, -0.25) is 9.48 Å². The van der Waals surface area contributed by atoms with E-state index in [0.717, 1.165) is 0 Å². The van der Waals surface area contributed by atoms with Crippen LogP contribution in [0.5, 0.6) is 0 Å². The second-order valence-electron chi connectivity index (χ2n) is 3.63. The Balaban J connectivity index is 1.89. The molecule has 2 heterocycles. The zero-order valence-electron chi connectivity index (χ0n) is 9.02. The average molecular weight is 256 g/mol. The van der Waals surface area contributed by atoms with Crippen molar-refractivity contribution in [2.45, 2.75) is 19.0 Å². The number of carbonyl (C=O) groups excluding carboxylic acids is 1. The Morgan fingerprint density at radius 1 is 1.53 bits per heavy atom. The highest BCUT2D eigenvalue weighted by molar-refractivity contribution is 7.99. The Bertz CT molecular complexity index is 408. The number of carbonyl (C=O) groups is 2. The fraction of sp³-hybridized carbons (Fsp3) is 0.556. The Kier molecular flexibility index (Phi) is 3.62. The van der Waals surface area contributed by atoms with Gasteiger partial charge in [0.05, 0.1) is 18.6 Å². The molecule has 0 radical (unpaired) electrons. The van der Waals surface area contributed by atoms with Gasteiger partial charge in [-0.15, -0.1) is 16.9 Å². The molecule has 2 rings (SSSR count). The summed E-state index contributed by atoms with van der Waals surface area (Å²) in [6.45, 7) is 0.423. The molecule has 1 aliphatic rings. The fourth-order valence-electron chi connectivity index (χ4n) is 1.60. The highest BCUT2D eigenvalue weighted by Gasteiger charge is 2.34. The van der Waals surface area contributed by atoms with Crippen LogP contribution in [0.2, 0.25) is 0 Å². The van der Waals surface area contributed by atoms with Crippen LogP contribution in [0.1, 0.15) is 6.42 Å². The molecule has 1 amide bonds. The van der Waals surface area contributed by atoms with Crippen LogP contribution in [0.4, 0.5) is 0 Å². The molecule has 1 atom stereocenters. The number of rotatable bonds is 4. The lowest BCUT2D eigenvalue weighted by Crippen LogP contribution is -2.42. The number of aromatic nitrogens is 3. The second-order valence-corrected chi connectivity index (χ2v) is 4.63. The summed E-state index contributed by atoms with van der Waals surface area (Å²) in [7, 11) is 0. The molecule has 1 fully saturated rings. The Morgan fingerprint density at radius 2 is 2.35 bits per heavy atom. The summed E-state index contributed by atoms with van der Waals surface area (Å²) in [5.74, 6) is -0.181. The van der Waals surface area contributed by atoms with E-state index < -0.39 is 12.0 Å². The van der Waals surface area contributed by atoms with Gasteiger partial charge in [0.1, 0.15) is 6.04 Å². The van der Waals surface area contributed by atoms with E-state index in [1.54, 1.807) is 10.9 Å². The monoisotopic (exact) mass is 256 g/mol. The van der Waals surface area contributed by atoms with E-state index in [1.165, 1.54) is 22.9 Å². The second kappa shape index (κ2) is 5.17. The topological polar surface area (TPSA) is 88.3 Å². The minimum absolute atomic E-state index is 0.155. The van der Waals surface area contributed by atoms with Crippen molar-refractivity contribution in [2.24, 2.45) is 0 Å². The van der Waals surface area contributed by atoms with E-state index in [-0.39, 0.29) is 12.3 Å². The quantitative estimate of drug-likeness (QED) is 0.792. The predicted molar refractivity (Wildman–Crippen MR) is 60.2 cm³/mol. The molecule has 1 unspecified atom stereocenters. The molecule has 0 saturated carbocycles. The highest BCUT2D eigenvalue weighted by Crippen LogP contribution is 2.21. The summed E-state index contributed by atoms with van der Waals surface area (Å²) >= 11 is 1.46. The number of nitrogens with zero attached hydrogens (tertiary/aromatic N) is 4. The Hall–Kier alpha value is -1.57. The van der Waals surface area contributed by atoms with Gasteiger partial charge in [-0.1, -0.05) is 5.21 Å². The van der Waals surface area contributed by atoms with Crippen LogP contribution in [0.15, 0.2) is 12.4 Å². The molecule has 1 aromatic heterocycles. The van der Waals surface area contributed by atoms with Crippen LogP contribution in [-0.4, -0.2) is 54.5 Å². The number of carboxylic acid groups (broad SMARTS) is 1. The number of hydrogen-bond acceptors (Lipinski definition) is 5. The first kappa shape index (κ1) is 11.9. The molecular weight excluding hydrogens is 244 g/mol. The van der Waals surface area contributed by atoms with Crippen molar-refractivity contribution in [3.8, 4) is 0 Å². The minimum Gasteiger partial charge on any atom is -0.480 e. The lowest BCUT2D eigenvalue weighted by molar-refractivity contribution is -0.147. The molecule has 1 N–H and O–H groups in total. The number of hydrogen-bond donors (Lipinski definition) is 1. The summed E-state index contributed by atoms with van der Waals surface area (Å²) in [5.41, 5.74) is 0. The van der Waals surface area contributed by atoms with E-state index in [4.69, 9.17) is 5.11 Å². The van der Waals surface area contributed by atoms with Crippen molar-refractivity contribution in [1.82, 2.24) is 19.9 Å². The van der Waals surface area contributed by atoms with Crippen LogP contribution in [0, 0.1) is 0 Å². The number of thioether (sulfide) groups is 1. The van der Waals surface area contributed by atoms with E-state index in [9.17, 15) is 9.59 Å². The number of amides is 1. The molecule has 0 aliphatic carbocycles. The fourth-order valence-corrected chi connectivity index (χ4v) is 2.77. The summed E-state index contributed by atoms with van der Waals surface area (Å²) in [5, 5.41) is 16.3. The van der Waals surface area contributed by atoms with E-state index >= 15 is 0 Å².